The normalized spacial score (nSPS) is 10.7. The number of benzene rings is 2. The molecule has 0 fully saturated rings. The summed E-state index contributed by atoms with van der Waals surface area (Å²) >= 11 is 3.53. The lowest BCUT2D eigenvalue weighted by Crippen LogP contribution is -2.38. The van der Waals surface area contributed by atoms with Gasteiger partial charge in [0.25, 0.3) is 0 Å². The van der Waals surface area contributed by atoms with Gasteiger partial charge >= 0.3 is 0 Å². The first kappa shape index (κ1) is 19.5. The topological polar surface area (TPSA) is 58.2 Å². The van der Waals surface area contributed by atoms with Crippen LogP contribution in [0.3, 0.4) is 0 Å². The minimum absolute atomic E-state index is 0.0131. The van der Waals surface area contributed by atoms with Crippen LogP contribution in [-0.2, 0) is 21.8 Å². The predicted octanol–water partition coefficient (Wildman–Crippen LogP) is 3.61. The molecule has 0 saturated heterocycles. The largest absolute Gasteiger partial charge is 0.354 e. The second-order valence-electron chi connectivity index (χ2n) is 6.07. The van der Waals surface area contributed by atoms with Crippen molar-refractivity contribution in [3.63, 3.8) is 0 Å². The summed E-state index contributed by atoms with van der Waals surface area (Å²) in [5.41, 5.74) is 0.969. The zero-order valence-corrected chi connectivity index (χ0v) is 16.6. The number of nitrogens with one attached hydrogen (secondary N) is 2. The third kappa shape index (κ3) is 6.12. The molecule has 1 heterocycles. The molecule has 0 saturated carbocycles. The van der Waals surface area contributed by atoms with Crippen molar-refractivity contribution >= 4 is 45.7 Å². The maximum Gasteiger partial charge on any atom is 0.239 e. The zero-order chi connectivity index (χ0) is 18.9. The van der Waals surface area contributed by atoms with Crippen LogP contribution < -0.4 is 10.6 Å². The molecule has 0 atom stereocenters. The number of hydrogen-bond donors (Lipinski definition) is 2. The van der Waals surface area contributed by atoms with Gasteiger partial charge in [-0.3, -0.25) is 9.59 Å². The van der Waals surface area contributed by atoms with Crippen molar-refractivity contribution in [3.8, 4) is 0 Å². The lowest BCUT2D eigenvalue weighted by atomic mass is 10.0. The third-order valence-corrected chi connectivity index (χ3v) is 6.14. The molecule has 0 spiro atoms. The van der Waals surface area contributed by atoms with E-state index in [1.807, 2.05) is 48.5 Å². The second-order valence-corrected chi connectivity index (χ2v) is 8.21. The van der Waals surface area contributed by atoms with E-state index in [0.717, 1.165) is 27.8 Å². The molecule has 2 amide bonds. The number of carbonyl (C=O) groups is 2. The Balaban J connectivity index is 1.35. The average molecular weight is 399 g/mol. The van der Waals surface area contributed by atoms with Gasteiger partial charge in [-0.1, -0.05) is 48.5 Å². The van der Waals surface area contributed by atoms with Crippen LogP contribution in [0.25, 0.3) is 10.8 Å². The van der Waals surface area contributed by atoms with Gasteiger partial charge in [0.1, 0.15) is 0 Å². The fourth-order valence-electron chi connectivity index (χ4n) is 2.75. The number of carbonyl (C=O) groups excluding carboxylic acids is 2. The van der Waals surface area contributed by atoms with Crippen LogP contribution in [0.2, 0.25) is 0 Å². The lowest BCUT2D eigenvalue weighted by molar-refractivity contribution is -0.125. The van der Waals surface area contributed by atoms with Gasteiger partial charge in [0, 0.05) is 22.9 Å². The average Bonchev–Trinajstić information content (AvgIpc) is 3.20. The summed E-state index contributed by atoms with van der Waals surface area (Å²) in [6, 6.07) is 18.1. The molecule has 4 nitrogen and oxygen atoms in total. The van der Waals surface area contributed by atoms with Crippen molar-refractivity contribution in [2.24, 2.45) is 0 Å². The molecule has 0 aliphatic heterocycles. The molecule has 2 N–H and O–H groups in total. The minimum Gasteiger partial charge on any atom is -0.354 e. The summed E-state index contributed by atoms with van der Waals surface area (Å²) in [7, 11) is 0. The van der Waals surface area contributed by atoms with Gasteiger partial charge in [0.2, 0.25) is 11.8 Å². The SMILES string of the molecule is O=C(CNC(=O)Cc1cccc2ccccc12)NCCSCc1cccs1. The van der Waals surface area contributed by atoms with Crippen molar-refractivity contribution in [1.29, 1.82) is 0 Å². The molecular formula is C21H22N2O2S2. The number of thioether (sulfide) groups is 1. The smallest absolute Gasteiger partial charge is 0.239 e. The summed E-state index contributed by atoms with van der Waals surface area (Å²) < 4.78 is 0. The Labute approximate surface area is 167 Å². The van der Waals surface area contributed by atoms with E-state index in [1.54, 1.807) is 23.1 Å². The summed E-state index contributed by atoms with van der Waals surface area (Å²) in [6.45, 7) is 0.618. The van der Waals surface area contributed by atoms with Gasteiger partial charge < -0.3 is 10.6 Å². The van der Waals surface area contributed by atoms with Gasteiger partial charge in [0.05, 0.1) is 13.0 Å². The van der Waals surface area contributed by atoms with Crippen LogP contribution in [0, 0.1) is 0 Å². The number of fused-ring (bicyclic) bond motifs is 1. The number of thiophene rings is 1. The Morgan fingerprint density at radius 3 is 2.63 bits per heavy atom. The van der Waals surface area contributed by atoms with Crippen LogP contribution in [0.1, 0.15) is 10.4 Å². The quantitative estimate of drug-likeness (QED) is 0.542. The molecular weight excluding hydrogens is 376 g/mol. The fourth-order valence-corrected chi connectivity index (χ4v) is 4.45. The summed E-state index contributed by atoms with van der Waals surface area (Å²) in [5, 5.41) is 9.79. The molecule has 0 radical (unpaired) electrons. The number of amides is 2. The Morgan fingerprint density at radius 1 is 0.926 bits per heavy atom. The van der Waals surface area contributed by atoms with Crippen molar-refractivity contribution in [1.82, 2.24) is 10.6 Å². The van der Waals surface area contributed by atoms with Crippen molar-refractivity contribution in [2.45, 2.75) is 12.2 Å². The van der Waals surface area contributed by atoms with Crippen LogP contribution in [0.15, 0.2) is 60.0 Å². The summed E-state index contributed by atoms with van der Waals surface area (Å²) in [4.78, 5) is 25.4. The molecule has 0 aliphatic rings. The zero-order valence-electron chi connectivity index (χ0n) is 14.9. The minimum atomic E-state index is -0.155. The molecule has 6 heteroatoms. The first-order chi connectivity index (χ1) is 13.2. The molecule has 0 bridgehead atoms. The highest BCUT2D eigenvalue weighted by Gasteiger charge is 2.08. The Bertz CT molecular complexity index is 889. The first-order valence-electron chi connectivity index (χ1n) is 8.82. The third-order valence-electron chi connectivity index (χ3n) is 4.07. The van der Waals surface area contributed by atoms with Crippen LogP contribution >= 0.6 is 23.1 Å². The van der Waals surface area contributed by atoms with E-state index >= 15 is 0 Å². The molecule has 140 valence electrons. The van der Waals surface area contributed by atoms with E-state index in [0.29, 0.717) is 6.54 Å². The highest BCUT2D eigenvalue weighted by Crippen LogP contribution is 2.19. The molecule has 3 rings (SSSR count). The van der Waals surface area contributed by atoms with E-state index in [-0.39, 0.29) is 24.8 Å². The van der Waals surface area contributed by atoms with E-state index in [2.05, 4.69) is 22.1 Å². The molecule has 1 aromatic heterocycles. The van der Waals surface area contributed by atoms with E-state index < -0.39 is 0 Å². The number of hydrogen-bond acceptors (Lipinski definition) is 4. The highest BCUT2D eigenvalue weighted by atomic mass is 32.2. The molecule has 27 heavy (non-hydrogen) atoms. The maximum atomic E-state index is 12.2. The van der Waals surface area contributed by atoms with E-state index in [1.165, 1.54) is 4.88 Å². The maximum absolute atomic E-state index is 12.2. The van der Waals surface area contributed by atoms with Crippen LogP contribution in [0.5, 0.6) is 0 Å². The Morgan fingerprint density at radius 2 is 1.78 bits per heavy atom. The molecule has 2 aromatic carbocycles. The monoisotopic (exact) mass is 398 g/mol. The van der Waals surface area contributed by atoms with E-state index in [4.69, 9.17) is 0 Å². The summed E-state index contributed by atoms with van der Waals surface area (Å²) in [6.07, 6.45) is 0.269. The van der Waals surface area contributed by atoms with Crippen molar-refractivity contribution < 1.29 is 9.59 Å². The standard InChI is InChI=1S/C21H22N2O2S2/c24-20(13-17-7-3-6-16-5-1-2-9-19(16)17)23-14-21(25)22-10-12-26-15-18-8-4-11-27-18/h1-9,11H,10,12-15H2,(H,22,25)(H,23,24). The van der Waals surface area contributed by atoms with Gasteiger partial charge in [-0.2, -0.15) is 11.8 Å². The van der Waals surface area contributed by atoms with Crippen LogP contribution in [0.4, 0.5) is 0 Å². The Kier molecular flexibility index (Phi) is 7.30. The van der Waals surface area contributed by atoms with Gasteiger partial charge in [-0.15, -0.1) is 11.3 Å². The highest BCUT2D eigenvalue weighted by molar-refractivity contribution is 7.98. The molecule has 3 aromatic rings. The molecule has 0 unspecified atom stereocenters. The van der Waals surface area contributed by atoms with Gasteiger partial charge in [-0.05, 0) is 27.8 Å². The fraction of sp³-hybridized carbons (Fsp3) is 0.238. The first-order valence-corrected chi connectivity index (χ1v) is 10.9. The second kappa shape index (κ2) is 10.1. The number of rotatable bonds is 9. The van der Waals surface area contributed by atoms with Gasteiger partial charge in [0.15, 0.2) is 0 Å². The van der Waals surface area contributed by atoms with Gasteiger partial charge in [-0.25, -0.2) is 0 Å². The Hall–Kier alpha value is -2.31. The van der Waals surface area contributed by atoms with Crippen molar-refractivity contribution in [3.05, 3.63) is 70.4 Å². The molecule has 0 aliphatic carbocycles. The van der Waals surface area contributed by atoms with Crippen molar-refractivity contribution in [2.75, 3.05) is 18.8 Å². The van der Waals surface area contributed by atoms with E-state index in [9.17, 15) is 9.59 Å². The summed E-state index contributed by atoms with van der Waals surface area (Å²) in [5.74, 6) is 1.52. The lowest BCUT2D eigenvalue weighted by Gasteiger charge is -2.08. The predicted molar refractivity (Wildman–Crippen MR) is 114 cm³/mol. The van der Waals surface area contributed by atoms with Crippen LogP contribution in [-0.4, -0.2) is 30.7 Å².